The molecule has 0 radical (unpaired) electrons. The summed E-state index contributed by atoms with van der Waals surface area (Å²) in [6.07, 6.45) is 10.4. The van der Waals surface area contributed by atoms with Crippen LogP contribution in [0, 0.1) is 11.7 Å². The van der Waals surface area contributed by atoms with E-state index >= 15 is 0 Å². The number of nitrogens with zero attached hydrogens (tertiary/aromatic N) is 1. The quantitative estimate of drug-likeness (QED) is 0.563. The summed E-state index contributed by atoms with van der Waals surface area (Å²) in [6, 6.07) is 11.7. The van der Waals surface area contributed by atoms with Crippen LogP contribution < -0.4 is 10.6 Å². The summed E-state index contributed by atoms with van der Waals surface area (Å²) in [5, 5.41) is 5.40. The first-order valence-corrected chi connectivity index (χ1v) is 12.1. The summed E-state index contributed by atoms with van der Waals surface area (Å²) in [5.41, 5.74) is 2.94. The van der Waals surface area contributed by atoms with Gasteiger partial charge in [0, 0.05) is 23.8 Å². The molecule has 2 aliphatic rings. The molecular formula is C27H36FN3O2. The van der Waals surface area contributed by atoms with Crippen molar-refractivity contribution in [2.75, 3.05) is 18.9 Å². The fraction of sp³-hybridized carbons (Fsp3) is 0.481. The highest BCUT2D eigenvalue weighted by atomic mass is 19.1. The number of fused-ring (bicyclic) bond motifs is 1. The highest BCUT2D eigenvalue weighted by molar-refractivity contribution is 5.90. The Morgan fingerprint density at radius 3 is 2.52 bits per heavy atom. The van der Waals surface area contributed by atoms with Gasteiger partial charge in [-0.05, 0) is 93.1 Å². The fourth-order valence-electron chi connectivity index (χ4n) is 4.94. The maximum atomic E-state index is 12.8. The average Bonchev–Trinajstić information content (AvgIpc) is 2.84. The van der Waals surface area contributed by atoms with Gasteiger partial charge in [-0.2, -0.15) is 0 Å². The van der Waals surface area contributed by atoms with Crippen molar-refractivity contribution in [2.24, 2.45) is 5.92 Å². The van der Waals surface area contributed by atoms with E-state index in [9.17, 15) is 14.0 Å². The number of halogens is 1. The molecule has 4 rings (SSSR count). The van der Waals surface area contributed by atoms with Crippen molar-refractivity contribution in [3.05, 3.63) is 65.0 Å². The lowest BCUT2D eigenvalue weighted by Crippen LogP contribution is -2.44. The molecule has 2 aromatic carbocycles. The van der Waals surface area contributed by atoms with E-state index in [1.165, 1.54) is 57.2 Å². The maximum absolute atomic E-state index is 12.8. The van der Waals surface area contributed by atoms with Crippen molar-refractivity contribution in [1.82, 2.24) is 10.2 Å². The second-order valence-corrected chi connectivity index (χ2v) is 9.05. The lowest BCUT2D eigenvalue weighted by Gasteiger charge is -2.42. The maximum Gasteiger partial charge on any atom is 0.319 e. The number of benzene rings is 2. The van der Waals surface area contributed by atoms with Gasteiger partial charge in [0.15, 0.2) is 0 Å². The first-order valence-electron chi connectivity index (χ1n) is 12.1. The van der Waals surface area contributed by atoms with Crippen LogP contribution in [0.25, 0.3) is 0 Å². The predicted molar refractivity (Wildman–Crippen MR) is 131 cm³/mol. The molecule has 2 amide bonds. The molecule has 0 spiro atoms. The lowest BCUT2D eigenvalue weighted by molar-refractivity contribution is 0.0841. The number of likely N-dealkylation sites (tertiary alicyclic amines) is 1. The molecule has 0 aromatic heterocycles. The van der Waals surface area contributed by atoms with Gasteiger partial charge in [0.25, 0.3) is 0 Å². The highest BCUT2D eigenvalue weighted by Gasteiger charge is 2.30. The number of aldehydes is 1. The number of amides is 2. The van der Waals surface area contributed by atoms with Crippen LogP contribution in [-0.4, -0.2) is 36.9 Å². The molecule has 2 atom stereocenters. The number of aryl methyl sites for hydroxylation is 1. The predicted octanol–water partition coefficient (Wildman–Crippen LogP) is 5.79. The van der Waals surface area contributed by atoms with Crippen molar-refractivity contribution in [3.8, 4) is 0 Å². The van der Waals surface area contributed by atoms with Gasteiger partial charge in [0.05, 0.1) is 0 Å². The molecule has 33 heavy (non-hydrogen) atoms. The van der Waals surface area contributed by atoms with E-state index in [0.29, 0.717) is 24.2 Å². The van der Waals surface area contributed by atoms with E-state index in [4.69, 9.17) is 0 Å². The van der Waals surface area contributed by atoms with Crippen molar-refractivity contribution in [2.45, 2.75) is 64.5 Å². The Bertz CT molecular complexity index is 914. The van der Waals surface area contributed by atoms with Crippen molar-refractivity contribution < 1.29 is 14.0 Å². The van der Waals surface area contributed by atoms with E-state index in [2.05, 4.69) is 22.6 Å². The monoisotopic (exact) mass is 453 g/mol. The van der Waals surface area contributed by atoms with Gasteiger partial charge >= 0.3 is 6.03 Å². The number of carbonyl (C=O) groups is 2. The summed E-state index contributed by atoms with van der Waals surface area (Å²) < 4.78 is 12.8. The molecule has 2 N–H and O–H groups in total. The number of urea groups is 1. The van der Waals surface area contributed by atoms with E-state index < -0.39 is 0 Å². The number of piperidine rings is 1. The summed E-state index contributed by atoms with van der Waals surface area (Å²) in [6.45, 7) is 3.60. The molecule has 2 aromatic rings. The molecular weight excluding hydrogens is 417 g/mol. The zero-order valence-electron chi connectivity index (χ0n) is 19.8. The van der Waals surface area contributed by atoms with E-state index in [-0.39, 0.29) is 11.8 Å². The smallest absolute Gasteiger partial charge is 0.319 e. The standard InChI is InChI=1S/C17H17FN2O2.C10H19N/c1-2-13-9-16(8-5-14(13)11-21)20-17(22)19-10-12-3-6-15(18)7-4-12;1-11-8-4-6-9-5-2-3-7-10(9)11/h3-9,11H,2,10H2,1H3,(H2,19,20,22);9-10H,2-8H2,1H3. The third-order valence-corrected chi connectivity index (χ3v) is 6.80. The zero-order chi connectivity index (χ0) is 23.6. The summed E-state index contributed by atoms with van der Waals surface area (Å²) >= 11 is 0. The van der Waals surface area contributed by atoms with Gasteiger partial charge in [-0.3, -0.25) is 4.79 Å². The number of anilines is 1. The van der Waals surface area contributed by atoms with E-state index in [1.54, 1.807) is 30.3 Å². The Morgan fingerprint density at radius 1 is 1.09 bits per heavy atom. The second-order valence-electron chi connectivity index (χ2n) is 9.05. The fourth-order valence-corrected chi connectivity index (χ4v) is 4.94. The van der Waals surface area contributed by atoms with Crippen LogP contribution in [0.5, 0.6) is 0 Å². The molecule has 178 valence electrons. The molecule has 2 unspecified atom stereocenters. The van der Waals surface area contributed by atoms with Gasteiger partial charge in [0.2, 0.25) is 0 Å². The highest BCUT2D eigenvalue weighted by Crippen LogP contribution is 2.34. The largest absolute Gasteiger partial charge is 0.334 e. The third kappa shape index (κ3) is 7.39. The molecule has 6 heteroatoms. The first-order chi connectivity index (χ1) is 16.0. The lowest BCUT2D eigenvalue weighted by atomic mass is 9.79. The Hall–Kier alpha value is -2.73. The van der Waals surface area contributed by atoms with Gasteiger partial charge in [0.1, 0.15) is 12.1 Å². The number of nitrogens with one attached hydrogen (secondary N) is 2. The van der Waals surface area contributed by atoms with Gasteiger partial charge in [-0.15, -0.1) is 0 Å². The van der Waals surface area contributed by atoms with Crippen LogP contribution in [0.3, 0.4) is 0 Å². The molecule has 1 aliphatic carbocycles. The van der Waals surface area contributed by atoms with Crippen LogP contribution >= 0.6 is 0 Å². The summed E-state index contributed by atoms with van der Waals surface area (Å²) in [7, 11) is 2.31. The summed E-state index contributed by atoms with van der Waals surface area (Å²) in [4.78, 5) is 25.3. The minimum Gasteiger partial charge on any atom is -0.334 e. The number of hydrogen-bond donors (Lipinski definition) is 2. The Kier molecular flexibility index (Phi) is 9.43. The zero-order valence-corrected chi connectivity index (χ0v) is 19.8. The van der Waals surface area contributed by atoms with Gasteiger partial charge < -0.3 is 15.5 Å². The van der Waals surface area contributed by atoms with Crippen LogP contribution in [-0.2, 0) is 13.0 Å². The number of carbonyl (C=O) groups excluding carboxylic acids is 2. The normalized spacial score (nSPS) is 20.1. The van der Waals surface area contributed by atoms with Gasteiger partial charge in [-0.25, -0.2) is 9.18 Å². The number of hydrogen-bond acceptors (Lipinski definition) is 3. The molecule has 1 saturated carbocycles. The Morgan fingerprint density at radius 2 is 1.82 bits per heavy atom. The Balaban J connectivity index is 0.000000231. The van der Waals surface area contributed by atoms with Crippen LogP contribution in [0.4, 0.5) is 14.9 Å². The van der Waals surface area contributed by atoms with E-state index in [1.807, 2.05) is 6.92 Å². The van der Waals surface area contributed by atoms with Crippen molar-refractivity contribution in [1.29, 1.82) is 0 Å². The molecule has 5 nitrogen and oxygen atoms in total. The second kappa shape index (κ2) is 12.5. The number of rotatable bonds is 5. The SMILES string of the molecule is CCc1cc(NC(=O)NCc2ccc(F)cc2)ccc1C=O.CN1CCCC2CCCCC21. The van der Waals surface area contributed by atoms with Gasteiger partial charge in [-0.1, -0.05) is 31.9 Å². The average molecular weight is 454 g/mol. The van der Waals surface area contributed by atoms with Crippen LogP contribution in [0.15, 0.2) is 42.5 Å². The molecule has 1 saturated heterocycles. The molecule has 0 bridgehead atoms. The third-order valence-electron chi connectivity index (χ3n) is 6.80. The molecule has 1 aliphatic heterocycles. The van der Waals surface area contributed by atoms with Crippen LogP contribution in [0.2, 0.25) is 0 Å². The molecule has 2 fully saturated rings. The summed E-state index contributed by atoms with van der Waals surface area (Å²) in [5.74, 6) is 0.748. The minimum atomic E-state index is -0.356. The first kappa shape index (κ1) is 24.9. The Labute approximate surface area is 196 Å². The molecule has 1 heterocycles. The van der Waals surface area contributed by atoms with E-state index in [0.717, 1.165) is 29.4 Å². The topological polar surface area (TPSA) is 61.4 Å². The van der Waals surface area contributed by atoms with Crippen molar-refractivity contribution >= 4 is 18.0 Å². The minimum absolute atomic E-state index is 0.305. The van der Waals surface area contributed by atoms with Crippen LogP contribution in [0.1, 0.15) is 66.9 Å². The van der Waals surface area contributed by atoms with Crippen molar-refractivity contribution in [3.63, 3.8) is 0 Å².